The van der Waals surface area contributed by atoms with Crippen LogP contribution in [0.2, 0.25) is 0 Å². The monoisotopic (exact) mass is 328 g/mol. The van der Waals surface area contributed by atoms with E-state index >= 15 is 0 Å². The van der Waals surface area contributed by atoms with Gasteiger partial charge in [0.2, 0.25) is 0 Å². The summed E-state index contributed by atoms with van der Waals surface area (Å²) in [7, 11) is 0. The average Bonchev–Trinajstić information content (AvgIpc) is 1.90. The van der Waals surface area contributed by atoms with Crippen LogP contribution in [0.1, 0.15) is 0 Å². The Kier molecular flexibility index (Phi) is 8.68. The fourth-order valence-electron chi connectivity index (χ4n) is 0.502. The first kappa shape index (κ1) is 13.8. The van der Waals surface area contributed by atoms with E-state index in [1.807, 2.05) is 24.3 Å². The molecule has 4 N–H and O–H groups in total. The predicted molar refractivity (Wildman–Crippen MR) is 47.4 cm³/mol. The number of benzene rings is 1. The van der Waals surface area contributed by atoms with Crippen LogP contribution < -0.4 is 3.51 Å². The van der Waals surface area contributed by atoms with Gasteiger partial charge < -0.3 is 11.0 Å². The normalized spacial score (nSPS) is 7.36. The van der Waals surface area contributed by atoms with Crippen LogP contribution in [-0.2, 0) is 3.02 Å². The van der Waals surface area contributed by atoms with Gasteiger partial charge in [0, 0.05) is 0 Å². The minimum atomic E-state index is -1.28. The van der Waals surface area contributed by atoms with Gasteiger partial charge in [0.05, 0.1) is 0 Å². The van der Waals surface area contributed by atoms with Crippen LogP contribution in [0.3, 0.4) is 0 Å². The Morgan fingerprint density at radius 1 is 1.09 bits per heavy atom. The van der Waals surface area contributed by atoms with Crippen LogP contribution in [-0.4, -0.2) is 32.6 Å². The summed E-state index contributed by atoms with van der Waals surface area (Å²) >= 11 is 2.01. The van der Waals surface area contributed by atoms with Gasteiger partial charge >= 0.3 is 72.8 Å². The maximum absolute atomic E-state index is 10.4. The van der Waals surface area contributed by atoms with E-state index < -0.39 is 21.6 Å². The SMILES string of the molecule is O.O.[O]=[Sb][c]1ccc(Br)cc1. The number of hydrogen-bond donors (Lipinski definition) is 0. The van der Waals surface area contributed by atoms with Crippen molar-refractivity contribution < 1.29 is 14.0 Å². The van der Waals surface area contributed by atoms with Gasteiger partial charge in [-0.05, 0) is 0 Å². The van der Waals surface area contributed by atoms with Gasteiger partial charge in [0.25, 0.3) is 0 Å². The van der Waals surface area contributed by atoms with Crippen molar-refractivity contribution in [2.45, 2.75) is 0 Å². The summed E-state index contributed by atoms with van der Waals surface area (Å²) in [5.74, 6) is 0. The zero-order chi connectivity index (χ0) is 6.69. The summed E-state index contributed by atoms with van der Waals surface area (Å²) in [4.78, 5) is 0. The number of hydrogen-bond acceptors (Lipinski definition) is 1. The van der Waals surface area contributed by atoms with Crippen molar-refractivity contribution in [2.75, 3.05) is 0 Å². The summed E-state index contributed by atoms with van der Waals surface area (Å²) < 4.78 is 12.4. The molecule has 1 aromatic carbocycles. The molecule has 0 heterocycles. The predicted octanol–water partition coefficient (Wildman–Crippen LogP) is -0.525. The van der Waals surface area contributed by atoms with Crippen LogP contribution in [0.5, 0.6) is 0 Å². The van der Waals surface area contributed by atoms with Crippen molar-refractivity contribution in [2.24, 2.45) is 0 Å². The molecule has 0 aliphatic carbocycles. The third-order valence-electron chi connectivity index (χ3n) is 0.932. The fraction of sp³-hybridized carbons (Fsp3) is 0. The zero-order valence-corrected chi connectivity index (χ0v) is 9.68. The molecule has 0 bridgehead atoms. The van der Waals surface area contributed by atoms with Crippen molar-refractivity contribution in [1.29, 1.82) is 0 Å². The first-order chi connectivity index (χ1) is 4.33. The van der Waals surface area contributed by atoms with E-state index in [0.29, 0.717) is 0 Å². The molecule has 11 heavy (non-hydrogen) atoms. The Labute approximate surface area is 83.5 Å². The number of rotatable bonds is 1. The number of halogens is 1. The van der Waals surface area contributed by atoms with E-state index in [-0.39, 0.29) is 11.0 Å². The van der Waals surface area contributed by atoms with Crippen molar-refractivity contribution in [3.05, 3.63) is 28.7 Å². The summed E-state index contributed by atoms with van der Waals surface area (Å²) in [5, 5.41) is 0. The third-order valence-corrected chi connectivity index (χ3v) is 2.91. The van der Waals surface area contributed by atoms with Gasteiger partial charge in [-0.1, -0.05) is 0 Å². The third kappa shape index (κ3) is 4.64. The van der Waals surface area contributed by atoms with E-state index in [2.05, 4.69) is 15.9 Å². The summed E-state index contributed by atoms with van der Waals surface area (Å²) in [6, 6.07) is 7.58. The Morgan fingerprint density at radius 3 is 1.91 bits per heavy atom. The second-order valence-electron chi connectivity index (χ2n) is 1.57. The van der Waals surface area contributed by atoms with Crippen LogP contribution >= 0.6 is 15.9 Å². The molecule has 0 atom stereocenters. The molecule has 0 aliphatic rings. The molecule has 0 fully saturated rings. The van der Waals surface area contributed by atoms with Gasteiger partial charge in [0.15, 0.2) is 0 Å². The Bertz CT molecular complexity index is 212. The van der Waals surface area contributed by atoms with Crippen LogP contribution in [0.25, 0.3) is 0 Å². The molecule has 0 amide bonds. The van der Waals surface area contributed by atoms with E-state index in [0.717, 1.165) is 7.98 Å². The van der Waals surface area contributed by atoms with Gasteiger partial charge in [-0.3, -0.25) is 0 Å². The van der Waals surface area contributed by atoms with E-state index in [4.69, 9.17) is 0 Å². The molecule has 1 aromatic rings. The van der Waals surface area contributed by atoms with Crippen LogP contribution in [0.4, 0.5) is 0 Å². The fourth-order valence-corrected chi connectivity index (χ4v) is 1.54. The zero-order valence-electron chi connectivity index (χ0n) is 5.54. The second-order valence-corrected chi connectivity index (χ2v) is 4.48. The van der Waals surface area contributed by atoms with Crippen molar-refractivity contribution in [1.82, 2.24) is 0 Å². The van der Waals surface area contributed by atoms with Gasteiger partial charge in [-0.2, -0.15) is 0 Å². The standard InChI is InChI=1S/C6H4Br.2H2O.O.Sb/c7-6-4-2-1-3-5-6;;;;/h2-5H;2*1H2;;. The molecule has 0 saturated carbocycles. The first-order valence-electron chi connectivity index (χ1n) is 2.42. The molecule has 5 heteroatoms. The molecular formula is C6H8BrO3Sb. The summed E-state index contributed by atoms with van der Waals surface area (Å²) in [5.41, 5.74) is 0. The Hall–Kier alpha value is 0.238. The summed E-state index contributed by atoms with van der Waals surface area (Å²) in [6.07, 6.45) is 0. The van der Waals surface area contributed by atoms with Gasteiger partial charge in [-0.15, -0.1) is 0 Å². The van der Waals surface area contributed by atoms with Crippen LogP contribution in [0, 0.1) is 0 Å². The topological polar surface area (TPSA) is 80.1 Å². The van der Waals surface area contributed by atoms with Gasteiger partial charge in [0.1, 0.15) is 0 Å². The molecule has 0 aliphatic heterocycles. The van der Waals surface area contributed by atoms with E-state index in [9.17, 15) is 3.02 Å². The minimum absolute atomic E-state index is 0. The molecule has 3 nitrogen and oxygen atoms in total. The van der Waals surface area contributed by atoms with Crippen molar-refractivity contribution in [3.8, 4) is 0 Å². The van der Waals surface area contributed by atoms with E-state index in [1.54, 1.807) is 0 Å². The Balaban J connectivity index is 0. The van der Waals surface area contributed by atoms with Crippen molar-refractivity contribution >= 4 is 41.0 Å². The Morgan fingerprint density at radius 2 is 1.55 bits per heavy atom. The van der Waals surface area contributed by atoms with Gasteiger partial charge in [-0.25, -0.2) is 0 Å². The molecule has 0 aromatic heterocycles. The molecule has 0 unspecified atom stereocenters. The maximum atomic E-state index is 10.4. The summed E-state index contributed by atoms with van der Waals surface area (Å²) in [6.45, 7) is 0. The molecule has 1 rings (SSSR count). The average molecular weight is 330 g/mol. The van der Waals surface area contributed by atoms with Crippen molar-refractivity contribution in [3.63, 3.8) is 0 Å². The first-order valence-corrected chi connectivity index (χ1v) is 5.53. The molecule has 0 saturated heterocycles. The van der Waals surface area contributed by atoms with E-state index in [1.165, 1.54) is 0 Å². The molecule has 0 radical (unpaired) electrons. The molecule has 0 spiro atoms. The molecular weight excluding hydrogens is 322 g/mol. The second kappa shape index (κ2) is 6.92. The molecule has 62 valence electrons. The quantitative estimate of drug-likeness (QED) is 0.638. The van der Waals surface area contributed by atoms with Crippen LogP contribution in [0.15, 0.2) is 28.7 Å².